The third kappa shape index (κ3) is 3.06. The van der Waals surface area contributed by atoms with Crippen molar-refractivity contribution in [3.63, 3.8) is 0 Å². The first-order valence-electron chi connectivity index (χ1n) is 6.54. The molecule has 0 saturated carbocycles. The highest BCUT2D eigenvalue weighted by atomic mass is 16.2. The smallest absolute Gasteiger partial charge is 0.251 e. The van der Waals surface area contributed by atoms with Crippen molar-refractivity contribution in [2.75, 3.05) is 10.6 Å². The van der Waals surface area contributed by atoms with Crippen molar-refractivity contribution < 1.29 is 4.79 Å². The Labute approximate surface area is 119 Å². The van der Waals surface area contributed by atoms with Gasteiger partial charge in [-0.1, -0.05) is 42.5 Å². The molecule has 0 saturated heterocycles. The summed E-state index contributed by atoms with van der Waals surface area (Å²) in [4.78, 5) is 11.9. The highest BCUT2D eigenvalue weighted by Crippen LogP contribution is 2.32. The van der Waals surface area contributed by atoms with E-state index in [4.69, 9.17) is 0 Å². The number of amides is 1. The highest BCUT2D eigenvalue weighted by Gasteiger charge is 2.29. The third-order valence-electron chi connectivity index (χ3n) is 2.88. The average Bonchev–Trinajstić information content (AvgIpc) is 2.77. The minimum Gasteiger partial charge on any atom is -0.370 e. The van der Waals surface area contributed by atoms with Gasteiger partial charge in [0.15, 0.2) is 0 Å². The Balaban J connectivity index is 0.000000452. The van der Waals surface area contributed by atoms with Crippen LogP contribution in [0.25, 0.3) is 0 Å². The zero-order chi connectivity index (χ0) is 14.4. The number of carbonyl (C=O) groups is 1. The van der Waals surface area contributed by atoms with Gasteiger partial charge < -0.3 is 10.6 Å². The largest absolute Gasteiger partial charge is 0.370 e. The summed E-state index contributed by atoms with van der Waals surface area (Å²) in [5.41, 5.74) is 2.84. The number of hydrogen-bond acceptors (Lipinski definition) is 2. The van der Waals surface area contributed by atoms with Crippen molar-refractivity contribution >= 4 is 17.3 Å². The summed E-state index contributed by atoms with van der Waals surface area (Å²) in [7, 11) is 0. The number of benzene rings is 2. The maximum atomic E-state index is 11.9. The average molecular weight is 266 g/mol. The van der Waals surface area contributed by atoms with E-state index < -0.39 is 0 Å². The Morgan fingerprint density at radius 1 is 1.10 bits per heavy atom. The molecule has 0 bridgehead atoms. The van der Waals surface area contributed by atoms with Crippen molar-refractivity contribution in [2.45, 2.75) is 13.0 Å². The number of carbonyl (C=O) groups excluding carboxylic acids is 1. The molecule has 3 heteroatoms. The molecule has 1 unspecified atom stereocenters. The predicted molar refractivity (Wildman–Crippen MR) is 83.7 cm³/mol. The lowest BCUT2D eigenvalue weighted by Crippen LogP contribution is -2.19. The fourth-order valence-corrected chi connectivity index (χ4v) is 2.05. The van der Waals surface area contributed by atoms with Crippen LogP contribution >= 0.6 is 0 Å². The lowest BCUT2D eigenvalue weighted by molar-refractivity contribution is -0.116. The van der Waals surface area contributed by atoms with Crippen molar-refractivity contribution in [1.82, 2.24) is 0 Å². The molecule has 102 valence electrons. The fraction of sp³-hybridized carbons (Fsp3) is 0.118. The summed E-state index contributed by atoms with van der Waals surface area (Å²) in [6.45, 7) is 5.25. The van der Waals surface area contributed by atoms with Crippen LogP contribution in [-0.4, -0.2) is 5.91 Å². The molecule has 0 aromatic heterocycles. The van der Waals surface area contributed by atoms with Gasteiger partial charge in [-0.3, -0.25) is 4.79 Å². The third-order valence-corrected chi connectivity index (χ3v) is 2.88. The van der Waals surface area contributed by atoms with Crippen LogP contribution in [0.3, 0.4) is 0 Å². The van der Waals surface area contributed by atoms with E-state index in [1.807, 2.05) is 61.5 Å². The van der Waals surface area contributed by atoms with Crippen LogP contribution in [0.4, 0.5) is 11.4 Å². The molecule has 1 aliphatic rings. The lowest BCUT2D eigenvalue weighted by Gasteiger charge is -2.12. The summed E-state index contributed by atoms with van der Waals surface area (Å²) in [6, 6.07) is 17.2. The van der Waals surface area contributed by atoms with E-state index in [0.29, 0.717) is 0 Å². The molecule has 20 heavy (non-hydrogen) atoms. The fourth-order valence-electron chi connectivity index (χ4n) is 2.05. The van der Waals surface area contributed by atoms with E-state index in [9.17, 15) is 4.79 Å². The number of fused-ring (bicyclic) bond motifs is 1. The van der Waals surface area contributed by atoms with E-state index in [1.54, 1.807) is 6.08 Å². The van der Waals surface area contributed by atoms with Crippen LogP contribution in [0.5, 0.6) is 0 Å². The number of nitrogens with one attached hydrogen (secondary N) is 2. The van der Waals surface area contributed by atoms with E-state index >= 15 is 0 Å². The summed E-state index contributed by atoms with van der Waals surface area (Å²) in [5, 5.41) is 6.10. The molecule has 1 aliphatic heterocycles. The van der Waals surface area contributed by atoms with Crippen LogP contribution in [-0.2, 0) is 4.79 Å². The van der Waals surface area contributed by atoms with Gasteiger partial charge in [-0.15, -0.1) is 6.58 Å². The lowest BCUT2D eigenvalue weighted by atomic mass is 10.1. The number of allylic oxidation sites excluding steroid dienone is 1. The van der Waals surface area contributed by atoms with Crippen LogP contribution in [0.1, 0.15) is 18.5 Å². The maximum Gasteiger partial charge on any atom is 0.251 e. The van der Waals surface area contributed by atoms with Gasteiger partial charge in [0.25, 0.3) is 5.91 Å². The van der Waals surface area contributed by atoms with E-state index in [-0.39, 0.29) is 11.9 Å². The van der Waals surface area contributed by atoms with Crippen LogP contribution < -0.4 is 10.6 Å². The van der Waals surface area contributed by atoms with Crippen LogP contribution in [0, 0.1) is 0 Å². The van der Waals surface area contributed by atoms with Gasteiger partial charge in [0.1, 0.15) is 6.04 Å². The van der Waals surface area contributed by atoms with Crippen LogP contribution in [0.2, 0.25) is 0 Å². The van der Waals surface area contributed by atoms with E-state index in [1.165, 1.54) is 0 Å². The predicted octanol–water partition coefficient (Wildman–Crippen LogP) is 3.98. The van der Waals surface area contributed by atoms with E-state index in [0.717, 1.165) is 16.9 Å². The standard InChI is InChI=1S/C14H12N2O.C3H6/c17-14-13(15-10-6-2-1-3-7-10)11-8-4-5-9-12(11)16-14;1-3-2/h1-9,13,15H,(H,16,17);3H,1H2,2H3. The zero-order valence-electron chi connectivity index (χ0n) is 11.5. The molecule has 1 atom stereocenters. The van der Waals surface area contributed by atoms with E-state index in [2.05, 4.69) is 17.2 Å². The van der Waals surface area contributed by atoms with Gasteiger partial charge in [0, 0.05) is 16.9 Å². The van der Waals surface area contributed by atoms with Crippen LogP contribution in [0.15, 0.2) is 67.3 Å². The molecular formula is C17H18N2O. The first-order chi connectivity index (χ1) is 9.76. The number of anilines is 2. The molecule has 3 rings (SSSR count). The molecule has 2 aromatic rings. The monoisotopic (exact) mass is 266 g/mol. The Bertz CT molecular complexity index is 593. The first kappa shape index (κ1) is 13.9. The molecule has 3 nitrogen and oxygen atoms in total. The molecule has 0 aliphatic carbocycles. The maximum absolute atomic E-state index is 11.9. The SMILES string of the molecule is C=CC.O=C1Nc2ccccc2C1Nc1ccccc1. The summed E-state index contributed by atoms with van der Waals surface area (Å²) >= 11 is 0. The molecule has 2 N–H and O–H groups in total. The molecule has 0 radical (unpaired) electrons. The second-order valence-electron chi connectivity index (χ2n) is 4.43. The Morgan fingerprint density at radius 2 is 1.70 bits per heavy atom. The second kappa shape index (κ2) is 6.57. The zero-order valence-corrected chi connectivity index (χ0v) is 11.5. The quantitative estimate of drug-likeness (QED) is 0.807. The summed E-state index contributed by atoms with van der Waals surface area (Å²) in [6.07, 6.45) is 1.75. The molecule has 1 amide bonds. The van der Waals surface area contributed by atoms with Crippen molar-refractivity contribution in [3.05, 3.63) is 72.8 Å². The van der Waals surface area contributed by atoms with Crippen molar-refractivity contribution in [3.8, 4) is 0 Å². The topological polar surface area (TPSA) is 41.1 Å². The molecule has 0 spiro atoms. The highest BCUT2D eigenvalue weighted by molar-refractivity contribution is 6.04. The van der Waals surface area contributed by atoms with Gasteiger partial charge in [0.05, 0.1) is 0 Å². The van der Waals surface area contributed by atoms with Gasteiger partial charge in [0.2, 0.25) is 0 Å². The number of para-hydroxylation sites is 2. The first-order valence-corrected chi connectivity index (χ1v) is 6.54. The van der Waals surface area contributed by atoms with Crippen molar-refractivity contribution in [2.24, 2.45) is 0 Å². The normalized spacial score (nSPS) is 15.4. The molecule has 0 fully saturated rings. The molecule has 1 heterocycles. The van der Waals surface area contributed by atoms with Gasteiger partial charge in [-0.25, -0.2) is 0 Å². The molecular weight excluding hydrogens is 248 g/mol. The minimum atomic E-state index is -0.298. The molecule has 2 aromatic carbocycles. The summed E-state index contributed by atoms with van der Waals surface area (Å²) < 4.78 is 0. The number of rotatable bonds is 2. The Morgan fingerprint density at radius 3 is 2.40 bits per heavy atom. The second-order valence-corrected chi connectivity index (χ2v) is 4.43. The van der Waals surface area contributed by atoms with Gasteiger partial charge in [-0.2, -0.15) is 0 Å². The summed E-state index contributed by atoms with van der Waals surface area (Å²) in [5.74, 6) is -0.00458. The van der Waals surface area contributed by atoms with Crippen molar-refractivity contribution in [1.29, 1.82) is 0 Å². The Hall–Kier alpha value is -2.55. The van der Waals surface area contributed by atoms with Gasteiger partial charge in [-0.05, 0) is 25.1 Å². The Kier molecular flexibility index (Phi) is 4.56. The van der Waals surface area contributed by atoms with Gasteiger partial charge >= 0.3 is 0 Å². The number of hydrogen-bond donors (Lipinski definition) is 2. The minimum absolute atomic E-state index is 0.00458.